The van der Waals surface area contributed by atoms with Crippen molar-refractivity contribution in [1.82, 2.24) is 14.8 Å². The Labute approximate surface area is 153 Å². The lowest BCUT2D eigenvalue weighted by molar-refractivity contribution is 0.502. The first-order valence-corrected chi connectivity index (χ1v) is 8.82. The fraction of sp³-hybridized carbons (Fsp3) is 0.111. The van der Waals surface area contributed by atoms with Crippen LogP contribution in [0, 0.1) is 11.6 Å². The zero-order chi connectivity index (χ0) is 17.8. The third kappa shape index (κ3) is 3.91. The topological polar surface area (TPSA) is 30.7 Å². The monoisotopic (exact) mass is 377 g/mol. The van der Waals surface area contributed by atoms with Crippen molar-refractivity contribution in [3.05, 3.63) is 77.3 Å². The average molecular weight is 378 g/mol. The zero-order valence-corrected chi connectivity index (χ0v) is 14.7. The summed E-state index contributed by atoms with van der Waals surface area (Å²) in [7, 11) is 0. The molecule has 2 aromatic carbocycles. The number of nitrogens with zero attached hydrogens (tertiary/aromatic N) is 3. The van der Waals surface area contributed by atoms with Crippen molar-refractivity contribution < 1.29 is 8.78 Å². The van der Waals surface area contributed by atoms with Gasteiger partial charge in [0, 0.05) is 28.4 Å². The van der Waals surface area contributed by atoms with E-state index in [2.05, 4.69) is 16.8 Å². The van der Waals surface area contributed by atoms with E-state index in [4.69, 9.17) is 11.6 Å². The van der Waals surface area contributed by atoms with Gasteiger partial charge in [0.05, 0.1) is 0 Å². The molecule has 0 bridgehead atoms. The molecule has 0 aliphatic heterocycles. The van der Waals surface area contributed by atoms with Crippen molar-refractivity contribution in [3.63, 3.8) is 0 Å². The summed E-state index contributed by atoms with van der Waals surface area (Å²) in [6.45, 7) is 4.25. The van der Waals surface area contributed by atoms with E-state index in [-0.39, 0.29) is 11.3 Å². The highest BCUT2D eigenvalue weighted by Crippen LogP contribution is 2.28. The molecule has 0 radical (unpaired) electrons. The van der Waals surface area contributed by atoms with Gasteiger partial charge in [-0.2, -0.15) is 0 Å². The molecule has 3 nitrogen and oxygen atoms in total. The molecule has 3 aromatic rings. The van der Waals surface area contributed by atoms with E-state index in [1.165, 1.54) is 17.8 Å². The summed E-state index contributed by atoms with van der Waals surface area (Å²) in [5.41, 5.74) is 1.15. The Morgan fingerprint density at radius 2 is 1.88 bits per heavy atom. The molecule has 0 aliphatic rings. The second-order valence-electron chi connectivity index (χ2n) is 5.21. The first-order chi connectivity index (χ1) is 12.1. The van der Waals surface area contributed by atoms with Gasteiger partial charge < -0.3 is 0 Å². The summed E-state index contributed by atoms with van der Waals surface area (Å²) in [5, 5.41) is 9.64. The largest absolute Gasteiger partial charge is 0.298 e. The maximum absolute atomic E-state index is 13.8. The van der Waals surface area contributed by atoms with Gasteiger partial charge in [0.25, 0.3) is 0 Å². The minimum Gasteiger partial charge on any atom is -0.298 e. The van der Waals surface area contributed by atoms with Crippen molar-refractivity contribution in [3.8, 4) is 11.4 Å². The maximum Gasteiger partial charge on any atom is 0.192 e. The number of aromatic nitrogens is 3. The first-order valence-electron chi connectivity index (χ1n) is 7.46. The third-order valence-electron chi connectivity index (χ3n) is 3.52. The van der Waals surface area contributed by atoms with Crippen LogP contribution < -0.4 is 0 Å². The minimum absolute atomic E-state index is 0.249. The van der Waals surface area contributed by atoms with Crippen LogP contribution in [-0.4, -0.2) is 14.8 Å². The molecule has 0 saturated heterocycles. The highest BCUT2D eigenvalue weighted by atomic mass is 35.5. The molecule has 0 N–H and O–H groups in total. The van der Waals surface area contributed by atoms with Gasteiger partial charge in [-0.25, -0.2) is 8.78 Å². The molecule has 7 heteroatoms. The number of hydrogen-bond acceptors (Lipinski definition) is 3. The number of benzene rings is 2. The molecular formula is C18H14ClF2N3S. The minimum atomic E-state index is -0.854. The molecule has 0 fully saturated rings. The van der Waals surface area contributed by atoms with Gasteiger partial charge in [-0.3, -0.25) is 4.57 Å². The summed E-state index contributed by atoms with van der Waals surface area (Å²) in [5.74, 6) is -0.770. The molecule has 1 aromatic heterocycles. The summed E-state index contributed by atoms with van der Waals surface area (Å²) in [4.78, 5) is 0. The standard InChI is InChI=1S/C18H14ClF2N3S/c1-2-10-24-17(12-6-8-14(19)9-7-12)22-23-18(24)25-11-13-4-3-5-15(20)16(13)21/h2-9H,1,10-11H2. The van der Waals surface area contributed by atoms with E-state index in [0.29, 0.717) is 22.5 Å². The van der Waals surface area contributed by atoms with E-state index in [0.717, 1.165) is 11.6 Å². The molecule has 0 atom stereocenters. The maximum atomic E-state index is 13.8. The normalized spacial score (nSPS) is 10.8. The van der Waals surface area contributed by atoms with Gasteiger partial charge in [0.1, 0.15) is 0 Å². The number of allylic oxidation sites excluding steroid dienone is 1. The van der Waals surface area contributed by atoms with Gasteiger partial charge in [-0.05, 0) is 30.3 Å². The Morgan fingerprint density at radius 3 is 2.60 bits per heavy atom. The highest BCUT2D eigenvalue weighted by Gasteiger charge is 2.15. The SMILES string of the molecule is C=CCn1c(SCc2cccc(F)c2F)nnc1-c1ccc(Cl)cc1. The molecule has 0 spiro atoms. The number of halogens is 3. The van der Waals surface area contributed by atoms with E-state index in [9.17, 15) is 8.78 Å². The third-order valence-corrected chi connectivity index (χ3v) is 4.79. The van der Waals surface area contributed by atoms with Crippen LogP contribution in [0.5, 0.6) is 0 Å². The Bertz CT molecular complexity index is 894. The lowest BCUT2D eigenvalue weighted by atomic mass is 10.2. The van der Waals surface area contributed by atoms with Crippen LogP contribution in [0.3, 0.4) is 0 Å². The van der Waals surface area contributed by atoms with E-state index in [1.807, 2.05) is 16.7 Å². The Balaban J connectivity index is 1.87. The summed E-state index contributed by atoms with van der Waals surface area (Å²) < 4.78 is 29.0. The summed E-state index contributed by atoms with van der Waals surface area (Å²) in [6.07, 6.45) is 1.73. The van der Waals surface area contributed by atoms with Gasteiger partial charge in [-0.1, -0.05) is 41.6 Å². The van der Waals surface area contributed by atoms with Gasteiger partial charge in [0.15, 0.2) is 22.6 Å². The number of thioether (sulfide) groups is 1. The predicted octanol–water partition coefficient (Wildman–Crippen LogP) is 5.36. The van der Waals surface area contributed by atoms with Crippen molar-refractivity contribution in [2.75, 3.05) is 0 Å². The molecular weight excluding hydrogens is 364 g/mol. The second kappa shape index (κ2) is 7.80. The van der Waals surface area contributed by atoms with E-state index >= 15 is 0 Å². The average Bonchev–Trinajstić information content (AvgIpc) is 3.00. The van der Waals surface area contributed by atoms with Crippen LogP contribution in [0.1, 0.15) is 5.56 Å². The van der Waals surface area contributed by atoms with Gasteiger partial charge in [0.2, 0.25) is 0 Å². The number of rotatable bonds is 6. The zero-order valence-electron chi connectivity index (χ0n) is 13.1. The molecule has 0 amide bonds. The summed E-state index contributed by atoms with van der Waals surface area (Å²) in [6, 6.07) is 11.4. The fourth-order valence-electron chi connectivity index (χ4n) is 2.30. The number of hydrogen-bond donors (Lipinski definition) is 0. The molecule has 25 heavy (non-hydrogen) atoms. The van der Waals surface area contributed by atoms with Gasteiger partial charge in [-0.15, -0.1) is 16.8 Å². The molecule has 1 heterocycles. The van der Waals surface area contributed by atoms with Crippen molar-refractivity contribution in [2.45, 2.75) is 17.5 Å². The summed E-state index contributed by atoms with van der Waals surface area (Å²) >= 11 is 7.21. The van der Waals surface area contributed by atoms with Gasteiger partial charge >= 0.3 is 0 Å². The van der Waals surface area contributed by atoms with Crippen molar-refractivity contribution in [2.24, 2.45) is 0 Å². The predicted molar refractivity (Wildman–Crippen MR) is 96.6 cm³/mol. The molecule has 3 rings (SSSR count). The Morgan fingerprint density at radius 1 is 1.12 bits per heavy atom. The van der Waals surface area contributed by atoms with Crippen LogP contribution in [-0.2, 0) is 12.3 Å². The van der Waals surface area contributed by atoms with E-state index < -0.39 is 11.6 Å². The lowest BCUT2D eigenvalue weighted by Gasteiger charge is -2.08. The highest BCUT2D eigenvalue weighted by molar-refractivity contribution is 7.98. The van der Waals surface area contributed by atoms with Crippen LogP contribution in [0.2, 0.25) is 5.02 Å². The van der Waals surface area contributed by atoms with Crippen LogP contribution in [0.15, 0.2) is 60.3 Å². The first kappa shape index (κ1) is 17.6. The Kier molecular flexibility index (Phi) is 5.50. The smallest absolute Gasteiger partial charge is 0.192 e. The van der Waals surface area contributed by atoms with Crippen molar-refractivity contribution >= 4 is 23.4 Å². The fourth-order valence-corrected chi connectivity index (χ4v) is 3.35. The van der Waals surface area contributed by atoms with E-state index in [1.54, 1.807) is 24.3 Å². The molecule has 0 saturated carbocycles. The molecule has 128 valence electrons. The quantitative estimate of drug-likeness (QED) is 0.428. The van der Waals surface area contributed by atoms with Crippen molar-refractivity contribution in [1.29, 1.82) is 0 Å². The Hall–Kier alpha value is -2.18. The van der Waals surface area contributed by atoms with Crippen LogP contribution >= 0.6 is 23.4 Å². The molecule has 0 aliphatic carbocycles. The van der Waals surface area contributed by atoms with Crippen LogP contribution in [0.4, 0.5) is 8.78 Å². The lowest BCUT2D eigenvalue weighted by Crippen LogP contribution is -2.01. The van der Waals surface area contributed by atoms with Crippen LogP contribution in [0.25, 0.3) is 11.4 Å². The second-order valence-corrected chi connectivity index (χ2v) is 6.59. The molecule has 0 unspecified atom stereocenters.